The first-order chi connectivity index (χ1) is 7.47. The van der Waals surface area contributed by atoms with Gasteiger partial charge in [-0.25, -0.2) is 0 Å². The van der Waals surface area contributed by atoms with E-state index >= 15 is 0 Å². The van der Waals surface area contributed by atoms with E-state index < -0.39 is 11.7 Å². The van der Waals surface area contributed by atoms with E-state index in [9.17, 15) is 13.2 Å². The van der Waals surface area contributed by atoms with Gasteiger partial charge in [0, 0.05) is 11.6 Å². The highest BCUT2D eigenvalue weighted by atomic mass is 79.9. The zero-order valence-electron chi connectivity index (χ0n) is 7.75. The molecule has 0 bridgehead atoms. The first-order valence-corrected chi connectivity index (χ1v) is 5.06. The molecule has 6 heteroatoms. The van der Waals surface area contributed by atoms with Gasteiger partial charge in [0.1, 0.15) is 4.60 Å². The number of hydrogen-bond donors (Lipinski definition) is 0. The number of aromatic nitrogens is 1. The van der Waals surface area contributed by atoms with Crippen LogP contribution >= 0.6 is 15.9 Å². The molecule has 0 saturated heterocycles. The Bertz CT molecular complexity index is 490. The minimum absolute atomic E-state index is 0.417. The van der Waals surface area contributed by atoms with Crippen LogP contribution in [0.5, 0.6) is 0 Å². The van der Waals surface area contributed by atoms with Crippen molar-refractivity contribution in [1.29, 1.82) is 0 Å². The lowest BCUT2D eigenvalue weighted by Gasteiger charge is -2.05. The van der Waals surface area contributed by atoms with Crippen LogP contribution in [0.3, 0.4) is 0 Å². The van der Waals surface area contributed by atoms with Crippen LogP contribution in [0.25, 0.3) is 11.3 Å². The maximum Gasteiger partial charge on any atom is 0.416 e. The van der Waals surface area contributed by atoms with Gasteiger partial charge in [0.25, 0.3) is 0 Å². The largest absolute Gasteiger partial charge is 0.416 e. The van der Waals surface area contributed by atoms with E-state index in [4.69, 9.17) is 4.52 Å². The summed E-state index contributed by atoms with van der Waals surface area (Å²) in [5.74, 6) is 0.417. The minimum atomic E-state index is -4.32. The van der Waals surface area contributed by atoms with Crippen LogP contribution in [0.15, 0.2) is 39.5 Å². The molecule has 2 nitrogen and oxygen atoms in total. The predicted molar refractivity (Wildman–Crippen MR) is 54.6 cm³/mol. The molecule has 0 saturated carbocycles. The van der Waals surface area contributed by atoms with Gasteiger partial charge in [-0.05, 0) is 28.1 Å². The SMILES string of the molecule is FC(F)(F)c1ccc(-c2cc(Br)no2)cc1. The van der Waals surface area contributed by atoms with Crippen LogP contribution in [-0.2, 0) is 6.18 Å². The molecule has 1 aromatic heterocycles. The molecule has 1 aromatic carbocycles. The molecule has 2 aromatic rings. The Labute approximate surface area is 97.2 Å². The Morgan fingerprint density at radius 3 is 2.19 bits per heavy atom. The normalized spacial score (nSPS) is 11.8. The standard InChI is InChI=1S/C10H5BrF3NO/c11-9-5-8(16-15-9)6-1-3-7(4-2-6)10(12,13)14/h1-5H. The van der Waals surface area contributed by atoms with Crippen LogP contribution in [0.4, 0.5) is 13.2 Å². The van der Waals surface area contributed by atoms with E-state index in [2.05, 4.69) is 21.1 Å². The average Bonchev–Trinajstić information content (AvgIpc) is 2.64. The predicted octanol–water partition coefficient (Wildman–Crippen LogP) is 4.12. The number of hydrogen-bond acceptors (Lipinski definition) is 2. The fourth-order valence-electron chi connectivity index (χ4n) is 1.21. The topological polar surface area (TPSA) is 26.0 Å². The summed E-state index contributed by atoms with van der Waals surface area (Å²) in [5, 5.41) is 3.58. The first-order valence-electron chi connectivity index (χ1n) is 4.26. The summed E-state index contributed by atoms with van der Waals surface area (Å²) < 4.78 is 42.2. The van der Waals surface area contributed by atoms with E-state index in [0.717, 1.165) is 12.1 Å². The third-order valence-electron chi connectivity index (χ3n) is 1.98. The van der Waals surface area contributed by atoms with Gasteiger partial charge in [0.05, 0.1) is 5.56 Å². The molecule has 1 heterocycles. The zero-order chi connectivity index (χ0) is 11.8. The molecule has 16 heavy (non-hydrogen) atoms. The Hall–Kier alpha value is -1.30. The second kappa shape index (κ2) is 3.93. The van der Waals surface area contributed by atoms with Crippen LogP contribution in [-0.4, -0.2) is 5.16 Å². The fourth-order valence-corrected chi connectivity index (χ4v) is 1.49. The van der Waals surface area contributed by atoms with Gasteiger partial charge < -0.3 is 4.52 Å². The van der Waals surface area contributed by atoms with Crippen LogP contribution in [0.2, 0.25) is 0 Å². The van der Waals surface area contributed by atoms with Crippen molar-refractivity contribution in [2.24, 2.45) is 0 Å². The van der Waals surface area contributed by atoms with Gasteiger partial charge in [-0.3, -0.25) is 0 Å². The molecule has 0 amide bonds. The Morgan fingerprint density at radius 2 is 1.75 bits per heavy atom. The lowest BCUT2D eigenvalue weighted by Crippen LogP contribution is -2.03. The second-order valence-corrected chi connectivity index (χ2v) is 3.90. The molecule has 84 valence electrons. The molecule has 0 radical (unpaired) electrons. The fraction of sp³-hybridized carbons (Fsp3) is 0.100. The van der Waals surface area contributed by atoms with Crippen LogP contribution in [0, 0.1) is 0 Å². The Morgan fingerprint density at radius 1 is 1.12 bits per heavy atom. The summed E-state index contributed by atoms with van der Waals surface area (Å²) >= 11 is 3.09. The van der Waals surface area contributed by atoms with Crippen molar-refractivity contribution >= 4 is 15.9 Å². The summed E-state index contributed by atoms with van der Waals surface area (Å²) in [6, 6.07) is 6.28. The summed E-state index contributed by atoms with van der Waals surface area (Å²) in [6.45, 7) is 0. The Kier molecular flexibility index (Phi) is 2.75. The van der Waals surface area contributed by atoms with Gasteiger partial charge in [0.15, 0.2) is 5.76 Å². The third kappa shape index (κ3) is 2.27. The maximum absolute atomic E-state index is 12.3. The quantitative estimate of drug-likeness (QED) is 0.790. The van der Waals surface area contributed by atoms with E-state index in [1.165, 1.54) is 12.1 Å². The first kappa shape index (κ1) is 11.2. The van der Waals surface area contributed by atoms with Crippen molar-refractivity contribution in [3.05, 3.63) is 40.5 Å². The third-order valence-corrected chi connectivity index (χ3v) is 2.35. The highest BCUT2D eigenvalue weighted by molar-refractivity contribution is 9.10. The van der Waals surface area contributed by atoms with Crippen molar-refractivity contribution in [3.8, 4) is 11.3 Å². The molecule has 0 aliphatic rings. The van der Waals surface area contributed by atoms with E-state index in [0.29, 0.717) is 15.9 Å². The van der Waals surface area contributed by atoms with Gasteiger partial charge in [-0.1, -0.05) is 17.3 Å². The molecule has 0 aliphatic carbocycles. The van der Waals surface area contributed by atoms with Gasteiger partial charge in [0.2, 0.25) is 0 Å². The van der Waals surface area contributed by atoms with Crippen molar-refractivity contribution < 1.29 is 17.7 Å². The molecule has 0 atom stereocenters. The Balaban J connectivity index is 2.33. The highest BCUT2D eigenvalue weighted by Crippen LogP contribution is 2.31. The van der Waals surface area contributed by atoms with Crippen LogP contribution < -0.4 is 0 Å². The minimum Gasteiger partial charge on any atom is -0.355 e. The molecule has 0 spiro atoms. The van der Waals surface area contributed by atoms with E-state index in [-0.39, 0.29) is 0 Å². The molecule has 2 rings (SSSR count). The summed E-state index contributed by atoms with van der Waals surface area (Å²) in [7, 11) is 0. The zero-order valence-corrected chi connectivity index (χ0v) is 9.34. The molecular formula is C10H5BrF3NO. The summed E-state index contributed by atoms with van der Waals surface area (Å²) in [5.41, 5.74) is -0.138. The van der Waals surface area contributed by atoms with Gasteiger partial charge >= 0.3 is 6.18 Å². The van der Waals surface area contributed by atoms with Crippen molar-refractivity contribution in [1.82, 2.24) is 5.16 Å². The number of benzene rings is 1. The smallest absolute Gasteiger partial charge is 0.355 e. The van der Waals surface area contributed by atoms with Crippen molar-refractivity contribution in [3.63, 3.8) is 0 Å². The number of halogens is 4. The monoisotopic (exact) mass is 291 g/mol. The number of alkyl halides is 3. The van der Waals surface area contributed by atoms with Gasteiger partial charge in [-0.2, -0.15) is 13.2 Å². The van der Waals surface area contributed by atoms with Crippen LogP contribution in [0.1, 0.15) is 5.56 Å². The molecule has 0 aliphatic heterocycles. The average molecular weight is 292 g/mol. The maximum atomic E-state index is 12.3. The second-order valence-electron chi connectivity index (χ2n) is 3.09. The summed E-state index contributed by atoms with van der Waals surface area (Å²) in [6.07, 6.45) is -4.32. The summed E-state index contributed by atoms with van der Waals surface area (Å²) in [4.78, 5) is 0. The van der Waals surface area contributed by atoms with E-state index in [1.54, 1.807) is 6.07 Å². The lowest BCUT2D eigenvalue weighted by atomic mass is 10.1. The highest BCUT2D eigenvalue weighted by Gasteiger charge is 2.30. The van der Waals surface area contributed by atoms with Crippen molar-refractivity contribution in [2.45, 2.75) is 6.18 Å². The number of rotatable bonds is 1. The molecule has 0 unspecified atom stereocenters. The van der Waals surface area contributed by atoms with E-state index in [1.807, 2.05) is 0 Å². The number of nitrogens with zero attached hydrogens (tertiary/aromatic N) is 1. The molecule has 0 fully saturated rings. The van der Waals surface area contributed by atoms with Crippen molar-refractivity contribution in [2.75, 3.05) is 0 Å². The van der Waals surface area contributed by atoms with Gasteiger partial charge in [-0.15, -0.1) is 0 Å². The molecule has 0 N–H and O–H groups in total. The lowest BCUT2D eigenvalue weighted by molar-refractivity contribution is -0.137. The molecular weight excluding hydrogens is 287 g/mol.